The Bertz CT molecular complexity index is 473. The van der Waals surface area contributed by atoms with Crippen molar-refractivity contribution in [2.75, 3.05) is 0 Å². The summed E-state index contributed by atoms with van der Waals surface area (Å²) in [6.07, 6.45) is -0.0210. The first-order valence-corrected chi connectivity index (χ1v) is 5.07. The van der Waals surface area contributed by atoms with E-state index in [-0.39, 0.29) is 29.4 Å². The highest BCUT2D eigenvalue weighted by molar-refractivity contribution is 6.32. The zero-order chi connectivity index (χ0) is 11.9. The summed E-state index contributed by atoms with van der Waals surface area (Å²) in [7, 11) is 0. The molecule has 4 nitrogen and oxygen atoms in total. The number of Topliss-reactive ketones (excluding diaryl/α,β-unsaturated/α-hetero) is 1. The van der Waals surface area contributed by atoms with Crippen LogP contribution >= 0.6 is 11.6 Å². The molecule has 1 aromatic rings. The van der Waals surface area contributed by atoms with Gasteiger partial charge in [-0.2, -0.15) is 0 Å². The quantitative estimate of drug-likeness (QED) is 0.826. The van der Waals surface area contributed by atoms with Gasteiger partial charge in [0.15, 0.2) is 0 Å². The van der Waals surface area contributed by atoms with Crippen LogP contribution in [-0.2, 0) is 15.0 Å². The number of benzene rings is 1. The Morgan fingerprint density at radius 2 is 2.00 bits per heavy atom. The van der Waals surface area contributed by atoms with Crippen molar-refractivity contribution in [2.24, 2.45) is 0 Å². The van der Waals surface area contributed by atoms with Gasteiger partial charge in [0.1, 0.15) is 16.9 Å². The second-order valence-electron chi connectivity index (χ2n) is 3.95. The second-order valence-corrected chi connectivity index (χ2v) is 4.35. The first kappa shape index (κ1) is 11.0. The van der Waals surface area contributed by atoms with Crippen LogP contribution < -0.4 is 0 Å². The number of phenols is 1. The number of carboxylic acid groups (broad SMARTS) is 1. The van der Waals surface area contributed by atoms with Gasteiger partial charge in [0.25, 0.3) is 0 Å². The minimum absolute atomic E-state index is 0.0105. The molecular formula is C11H9ClO4. The van der Waals surface area contributed by atoms with Crippen LogP contribution in [0.2, 0.25) is 5.02 Å². The number of carbonyl (C=O) groups excluding carboxylic acids is 1. The van der Waals surface area contributed by atoms with Crippen molar-refractivity contribution in [1.29, 1.82) is 0 Å². The van der Waals surface area contributed by atoms with Gasteiger partial charge in [-0.25, -0.2) is 0 Å². The van der Waals surface area contributed by atoms with Gasteiger partial charge >= 0.3 is 5.97 Å². The van der Waals surface area contributed by atoms with Crippen LogP contribution in [-0.4, -0.2) is 22.0 Å². The molecule has 2 rings (SSSR count). The number of hydrogen-bond donors (Lipinski definition) is 2. The van der Waals surface area contributed by atoms with E-state index in [1.54, 1.807) is 0 Å². The van der Waals surface area contributed by atoms with Crippen molar-refractivity contribution >= 4 is 23.4 Å². The number of ketones is 1. The smallest absolute Gasteiger partial charge is 0.315 e. The monoisotopic (exact) mass is 240 g/mol. The number of halogens is 1. The Balaban J connectivity index is 2.45. The minimum atomic E-state index is -1.16. The first-order chi connectivity index (χ1) is 7.45. The molecule has 0 heterocycles. The average Bonchev–Trinajstić information content (AvgIpc) is 2.17. The number of aliphatic carboxylic acids is 1. The van der Waals surface area contributed by atoms with E-state index in [2.05, 4.69) is 0 Å². The molecule has 0 saturated heterocycles. The lowest BCUT2D eigenvalue weighted by atomic mass is 9.63. The molecule has 1 aromatic carbocycles. The zero-order valence-corrected chi connectivity index (χ0v) is 8.99. The lowest BCUT2D eigenvalue weighted by Crippen LogP contribution is -2.48. The maximum Gasteiger partial charge on any atom is 0.315 e. The number of rotatable bonds is 2. The van der Waals surface area contributed by atoms with Gasteiger partial charge in [0, 0.05) is 12.8 Å². The Morgan fingerprint density at radius 1 is 1.38 bits per heavy atom. The molecule has 1 fully saturated rings. The van der Waals surface area contributed by atoms with E-state index in [1.807, 2.05) is 0 Å². The molecule has 1 saturated carbocycles. The van der Waals surface area contributed by atoms with Crippen molar-refractivity contribution in [3.05, 3.63) is 28.8 Å². The van der Waals surface area contributed by atoms with E-state index >= 15 is 0 Å². The fourth-order valence-electron chi connectivity index (χ4n) is 1.90. The average molecular weight is 241 g/mol. The summed E-state index contributed by atoms with van der Waals surface area (Å²) >= 11 is 5.71. The Labute approximate surface area is 96.5 Å². The molecule has 0 aliphatic heterocycles. The Kier molecular flexibility index (Phi) is 2.39. The molecule has 0 bridgehead atoms. The number of hydrogen-bond acceptors (Lipinski definition) is 3. The van der Waals surface area contributed by atoms with E-state index in [0.717, 1.165) is 0 Å². The SMILES string of the molecule is O=C1CC(C(=O)O)(c2ccc(O)c(Cl)c2)C1. The van der Waals surface area contributed by atoms with E-state index in [1.165, 1.54) is 18.2 Å². The predicted molar refractivity (Wildman–Crippen MR) is 56.7 cm³/mol. The van der Waals surface area contributed by atoms with Crippen molar-refractivity contribution in [2.45, 2.75) is 18.3 Å². The molecule has 5 heteroatoms. The Hall–Kier alpha value is -1.55. The molecule has 0 unspecified atom stereocenters. The fourth-order valence-corrected chi connectivity index (χ4v) is 2.09. The summed E-state index contributed by atoms with van der Waals surface area (Å²) in [4.78, 5) is 22.2. The predicted octanol–water partition coefficient (Wildman–Crippen LogP) is 1.73. The number of carbonyl (C=O) groups is 2. The number of phenolic OH excluding ortho intramolecular Hbond substituents is 1. The van der Waals surface area contributed by atoms with E-state index < -0.39 is 11.4 Å². The third-order valence-electron chi connectivity index (χ3n) is 2.91. The summed E-state index contributed by atoms with van der Waals surface area (Å²) in [5, 5.41) is 18.5. The summed E-state index contributed by atoms with van der Waals surface area (Å²) in [6.45, 7) is 0. The van der Waals surface area contributed by atoms with Gasteiger partial charge in [-0.3, -0.25) is 9.59 Å². The van der Waals surface area contributed by atoms with Crippen molar-refractivity contribution < 1.29 is 19.8 Å². The largest absolute Gasteiger partial charge is 0.506 e. The summed E-state index contributed by atoms with van der Waals surface area (Å²) in [5.74, 6) is -1.21. The van der Waals surface area contributed by atoms with Crippen LogP contribution in [0, 0.1) is 0 Å². The van der Waals surface area contributed by atoms with E-state index in [9.17, 15) is 14.7 Å². The van der Waals surface area contributed by atoms with Gasteiger partial charge in [-0.1, -0.05) is 17.7 Å². The highest BCUT2D eigenvalue weighted by atomic mass is 35.5. The van der Waals surface area contributed by atoms with Gasteiger partial charge in [0.05, 0.1) is 5.02 Å². The standard InChI is InChI=1S/C11H9ClO4/c12-8-3-6(1-2-9(8)14)11(10(15)16)4-7(13)5-11/h1-3,14H,4-5H2,(H,15,16). The highest BCUT2D eigenvalue weighted by Gasteiger charge is 2.51. The summed E-state index contributed by atoms with van der Waals surface area (Å²) < 4.78 is 0. The highest BCUT2D eigenvalue weighted by Crippen LogP contribution is 2.43. The van der Waals surface area contributed by atoms with Crippen molar-refractivity contribution in [3.8, 4) is 5.75 Å². The minimum Gasteiger partial charge on any atom is -0.506 e. The van der Waals surface area contributed by atoms with Crippen molar-refractivity contribution in [3.63, 3.8) is 0 Å². The Morgan fingerprint density at radius 3 is 2.44 bits per heavy atom. The van der Waals surface area contributed by atoms with Crippen LogP contribution in [0.3, 0.4) is 0 Å². The van der Waals surface area contributed by atoms with Gasteiger partial charge in [-0.05, 0) is 17.7 Å². The molecule has 0 atom stereocenters. The van der Waals surface area contributed by atoms with E-state index in [0.29, 0.717) is 5.56 Å². The van der Waals surface area contributed by atoms with Crippen LogP contribution in [0.25, 0.3) is 0 Å². The fraction of sp³-hybridized carbons (Fsp3) is 0.273. The maximum atomic E-state index is 11.2. The van der Waals surface area contributed by atoms with Gasteiger partial charge < -0.3 is 10.2 Å². The molecule has 1 aliphatic rings. The topological polar surface area (TPSA) is 74.6 Å². The van der Waals surface area contributed by atoms with Gasteiger partial charge in [0.2, 0.25) is 0 Å². The number of carboxylic acids is 1. The van der Waals surface area contributed by atoms with Crippen LogP contribution in [0.4, 0.5) is 0 Å². The first-order valence-electron chi connectivity index (χ1n) is 4.70. The molecule has 0 radical (unpaired) electrons. The molecule has 0 spiro atoms. The zero-order valence-electron chi connectivity index (χ0n) is 8.24. The maximum absolute atomic E-state index is 11.2. The second kappa shape index (κ2) is 3.49. The molecule has 2 N–H and O–H groups in total. The third kappa shape index (κ3) is 1.46. The van der Waals surface area contributed by atoms with E-state index in [4.69, 9.17) is 16.7 Å². The molecule has 0 aromatic heterocycles. The number of aromatic hydroxyl groups is 1. The summed E-state index contributed by atoms with van der Waals surface area (Å²) in [5.41, 5.74) is -0.698. The lowest BCUT2D eigenvalue weighted by Gasteiger charge is -2.36. The third-order valence-corrected chi connectivity index (χ3v) is 3.21. The van der Waals surface area contributed by atoms with Gasteiger partial charge in [-0.15, -0.1) is 0 Å². The summed E-state index contributed by atoms with van der Waals surface area (Å²) in [6, 6.07) is 4.23. The van der Waals surface area contributed by atoms with Crippen LogP contribution in [0.15, 0.2) is 18.2 Å². The normalized spacial score (nSPS) is 17.9. The molecule has 1 aliphatic carbocycles. The van der Waals surface area contributed by atoms with Crippen LogP contribution in [0.1, 0.15) is 18.4 Å². The van der Waals surface area contributed by atoms with Crippen LogP contribution in [0.5, 0.6) is 5.75 Å². The van der Waals surface area contributed by atoms with Crippen molar-refractivity contribution in [1.82, 2.24) is 0 Å². The molecule has 16 heavy (non-hydrogen) atoms. The molecule has 0 amide bonds. The molecule has 84 valence electrons. The lowest BCUT2D eigenvalue weighted by molar-refractivity contribution is -0.153. The molecular weight excluding hydrogens is 232 g/mol.